The molecule has 0 saturated carbocycles. The fraction of sp³-hybridized carbons (Fsp3) is 0.320. The highest BCUT2D eigenvalue weighted by Gasteiger charge is 2.52. The lowest BCUT2D eigenvalue weighted by Crippen LogP contribution is -2.36. The van der Waals surface area contributed by atoms with Crippen molar-refractivity contribution >= 4 is 29.1 Å². The van der Waals surface area contributed by atoms with Gasteiger partial charge in [0.05, 0.1) is 11.7 Å². The Morgan fingerprint density at radius 3 is 2.66 bits per heavy atom. The van der Waals surface area contributed by atoms with Gasteiger partial charge in [-0.15, -0.1) is 5.73 Å². The van der Waals surface area contributed by atoms with E-state index in [1.54, 1.807) is 0 Å². The second-order valence-corrected chi connectivity index (χ2v) is 8.88. The van der Waals surface area contributed by atoms with Crippen molar-refractivity contribution in [3.63, 3.8) is 0 Å². The zero-order chi connectivity index (χ0) is 20.6. The zero-order valence-electron chi connectivity index (χ0n) is 17.4. The van der Waals surface area contributed by atoms with E-state index in [1.165, 1.54) is 16.8 Å². The number of hydrogen-bond acceptors (Lipinski definition) is 3. The third-order valence-electron chi connectivity index (χ3n) is 5.97. The number of hydrogen-bond donors (Lipinski definition) is 0. The molecule has 2 aromatic rings. The van der Waals surface area contributed by atoms with Gasteiger partial charge in [-0.2, -0.15) is 0 Å². The number of benzene rings is 2. The van der Waals surface area contributed by atoms with Crippen LogP contribution in [0.5, 0.6) is 0 Å². The van der Waals surface area contributed by atoms with Crippen molar-refractivity contribution in [3.05, 3.63) is 82.6 Å². The normalized spacial score (nSPS) is 21.6. The minimum atomic E-state index is -0.0328. The Kier molecular flexibility index (Phi) is 5.31. The molecule has 0 aliphatic carbocycles. The molecule has 0 spiro atoms. The highest BCUT2D eigenvalue weighted by Crippen LogP contribution is 2.50. The Morgan fingerprint density at radius 1 is 1.17 bits per heavy atom. The summed E-state index contributed by atoms with van der Waals surface area (Å²) in [5.41, 5.74) is 7.90. The van der Waals surface area contributed by atoms with Crippen LogP contribution >= 0.6 is 11.6 Å². The van der Waals surface area contributed by atoms with Gasteiger partial charge >= 0.3 is 0 Å². The summed E-state index contributed by atoms with van der Waals surface area (Å²) in [4.78, 5) is 8.38. The van der Waals surface area contributed by atoms with Crippen molar-refractivity contribution in [3.8, 4) is 0 Å². The molecule has 150 valence electrons. The van der Waals surface area contributed by atoms with Crippen LogP contribution in [-0.2, 0) is 11.3 Å². The molecule has 2 aromatic carbocycles. The van der Waals surface area contributed by atoms with Crippen LogP contribution in [0, 0.1) is 5.41 Å². The molecule has 0 aromatic heterocycles. The molecule has 0 bridgehead atoms. The lowest BCUT2D eigenvalue weighted by Gasteiger charge is -2.26. The molecule has 2 heterocycles. The van der Waals surface area contributed by atoms with Crippen LogP contribution in [0.2, 0.25) is 5.02 Å². The highest BCUT2D eigenvalue weighted by molar-refractivity contribution is 6.31. The molecular formula is C25H27ClN2O. The zero-order valence-corrected chi connectivity index (χ0v) is 18.1. The SMILES string of the molecule is CN(C)c1ccc(C=CC=C=CC2ON3c4cccc(Cl)c4CC3C2(C)C)cc1. The van der Waals surface area contributed by atoms with Gasteiger partial charge in [-0.3, -0.25) is 4.84 Å². The molecule has 0 amide bonds. The van der Waals surface area contributed by atoms with Crippen LogP contribution < -0.4 is 9.96 Å². The lowest BCUT2D eigenvalue weighted by atomic mass is 9.79. The second-order valence-electron chi connectivity index (χ2n) is 8.48. The quantitative estimate of drug-likeness (QED) is 0.464. The summed E-state index contributed by atoms with van der Waals surface area (Å²) in [6, 6.07) is 14.8. The molecule has 1 fully saturated rings. The van der Waals surface area contributed by atoms with E-state index in [0.29, 0.717) is 0 Å². The van der Waals surface area contributed by atoms with Gasteiger partial charge in [-0.05, 0) is 54.0 Å². The van der Waals surface area contributed by atoms with Gasteiger partial charge in [0, 0.05) is 30.2 Å². The number of hydroxylamine groups is 1. The molecule has 2 unspecified atom stereocenters. The molecule has 2 aliphatic rings. The highest BCUT2D eigenvalue weighted by atomic mass is 35.5. The maximum Gasteiger partial charge on any atom is 0.118 e. The van der Waals surface area contributed by atoms with Crippen LogP contribution in [0.25, 0.3) is 6.08 Å². The Labute approximate surface area is 178 Å². The predicted octanol–water partition coefficient (Wildman–Crippen LogP) is 5.90. The smallest absolute Gasteiger partial charge is 0.118 e. The molecule has 0 N–H and O–H groups in total. The fourth-order valence-electron chi connectivity index (χ4n) is 4.03. The maximum atomic E-state index is 6.39. The molecule has 29 heavy (non-hydrogen) atoms. The van der Waals surface area contributed by atoms with Gasteiger partial charge in [0.1, 0.15) is 6.10 Å². The minimum absolute atomic E-state index is 0.0244. The van der Waals surface area contributed by atoms with E-state index in [4.69, 9.17) is 16.4 Å². The van der Waals surface area contributed by atoms with Gasteiger partial charge < -0.3 is 4.90 Å². The summed E-state index contributed by atoms with van der Waals surface area (Å²) in [5, 5.41) is 2.87. The predicted molar refractivity (Wildman–Crippen MR) is 123 cm³/mol. The summed E-state index contributed by atoms with van der Waals surface area (Å²) in [7, 11) is 4.09. The van der Waals surface area contributed by atoms with Crippen LogP contribution in [0.3, 0.4) is 0 Å². The van der Waals surface area contributed by atoms with Gasteiger partial charge in [-0.1, -0.05) is 55.8 Å². The van der Waals surface area contributed by atoms with E-state index in [9.17, 15) is 0 Å². The van der Waals surface area contributed by atoms with Crippen LogP contribution in [-0.4, -0.2) is 26.2 Å². The molecule has 1 saturated heterocycles. The fourth-order valence-corrected chi connectivity index (χ4v) is 4.28. The molecule has 4 rings (SSSR count). The van der Waals surface area contributed by atoms with Crippen LogP contribution in [0.15, 0.2) is 66.4 Å². The molecular weight excluding hydrogens is 380 g/mol. The first-order chi connectivity index (χ1) is 13.9. The first kappa shape index (κ1) is 19.8. The number of rotatable bonds is 4. The van der Waals surface area contributed by atoms with Gasteiger partial charge in [0.25, 0.3) is 0 Å². The molecule has 2 aliphatic heterocycles. The monoisotopic (exact) mass is 406 g/mol. The minimum Gasteiger partial charge on any atom is -0.378 e. The van der Waals surface area contributed by atoms with Crippen molar-refractivity contribution in [1.29, 1.82) is 0 Å². The second kappa shape index (κ2) is 7.76. The standard InChI is InChI=1S/C25H27ClN2O/c1-25(2)23-17-20-21(26)10-8-11-22(20)28(23)29-24(25)12-7-5-6-9-18-13-15-19(16-14-18)27(3)4/h5-6,8-16,23-24H,17H2,1-4H3. The molecule has 2 atom stereocenters. The van der Waals surface area contributed by atoms with Crippen molar-refractivity contribution in [2.24, 2.45) is 5.41 Å². The largest absolute Gasteiger partial charge is 0.378 e. The van der Waals surface area contributed by atoms with Gasteiger partial charge in [0.2, 0.25) is 0 Å². The summed E-state index contributed by atoms with van der Waals surface area (Å²) in [5.74, 6) is 0. The van der Waals surface area contributed by atoms with Gasteiger partial charge in [-0.25, -0.2) is 5.06 Å². The number of allylic oxidation sites excluding steroid dienone is 1. The maximum absolute atomic E-state index is 6.39. The Balaban J connectivity index is 1.45. The van der Waals surface area contributed by atoms with E-state index >= 15 is 0 Å². The number of anilines is 2. The van der Waals surface area contributed by atoms with Crippen LogP contribution in [0.1, 0.15) is 25.0 Å². The van der Waals surface area contributed by atoms with E-state index in [0.717, 1.165) is 17.1 Å². The van der Waals surface area contributed by atoms with E-state index in [2.05, 4.69) is 60.9 Å². The Hall–Kier alpha value is -2.45. The average molecular weight is 407 g/mol. The number of fused-ring (bicyclic) bond motifs is 3. The third kappa shape index (κ3) is 3.74. The molecule has 3 nitrogen and oxygen atoms in total. The van der Waals surface area contributed by atoms with Crippen molar-refractivity contribution in [1.82, 2.24) is 0 Å². The van der Waals surface area contributed by atoms with Crippen molar-refractivity contribution < 1.29 is 4.84 Å². The first-order valence-corrected chi connectivity index (χ1v) is 10.4. The number of halogens is 1. The summed E-state index contributed by atoms with van der Waals surface area (Å²) in [6.45, 7) is 4.50. The van der Waals surface area contributed by atoms with Crippen molar-refractivity contribution in [2.45, 2.75) is 32.4 Å². The van der Waals surface area contributed by atoms with Gasteiger partial charge in [0.15, 0.2) is 0 Å². The van der Waals surface area contributed by atoms with E-state index in [1.807, 2.05) is 49.5 Å². The van der Waals surface area contributed by atoms with Crippen LogP contribution in [0.4, 0.5) is 11.4 Å². The summed E-state index contributed by atoms with van der Waals surface area (Å²) in [6.07, 6.45) is 8.95. The summed E-state index contributed by atoms with van der Waals surface area (Å²) < 4.78 is 0. The molecule has 0 radical (unpaired) electrons. The summed E-state index contributed by atoms with van der Waals surface area (Å²) >= 11 is 6.39. The lowest BCUT2D eigenvalue weighted by molar-refractivity contribution is 0.0845. The first-order valence-electron chi connectivity index (χ1n) is 9.98. The third-order valence-corrected chi connectivity index (χ3v) is 6.32. The average Bonchev–Trinajstić information content (AvgIpc) is 3.18. The molecule has 4 heteroatoms. The Morgan fingerprint density at radius 2 is 1.93 bits per heavy atom. The van der Waals surface area contributed by atoms with Crippen molar-refractivity contribution in [2.75, 3.05) is 24.1 Å². The van der Waals surface area contributed by atoms with E-state index < -0.39 is 0 Å². The Bertz CT molecular complexity index is 984. The number of nitrogens with zero attached hydrogens (tertiary/aromatic N) is 2. The van der Waals surface area contributed by atoms with E-state index in [-0.39, 0.29) is 17.6 Å². The topological polar surface area (TPSA) is 15.7 Å².